The molecule has 17 heavy (non-hydrogen) atoms. The van der Waals surface area contributed by atoms with Gasteiger partial charge in [0, 0.05) is 31.8 Å². The van der Waals surface area contributed by atoms with Crippen molar-refractivity contribution in [3.63, 3.8) is 0 Å². The zero-order valence-corrected chi connectivity index (χ0v) is 11.5. The van der Waals surface area contributed by atoms with E-state index in [1.807, 2.05) is 11.9 Å². The number of benzene rings is 1. The van der Waals surface area contributed by atoms with Crippen molar-refractivity contribution in [1.29, 1.82) is 0 Å². The minimum atomic E-state index is -0.549. The largest absolute Gasteiger partial charge is 0.383 e. The molecule has 1 unspecified atom stereocenters. The number of hydrogen-bond donors (Lipinski definition) is 0. The van der Waals surface area contributed by atoms with Gasteiger partial charge in [-0.3, -0.25) is 0 Å². The molecule has 0 spiro atoms. The molecule has 0 N–H and O–H groups in total. The van der Waals surface area contributed by atoms with Gasteiger partial charge in [0.2, 0.25) is 0 Å². The van der Waals surface area contributed by atoms with Crippen LogP contribution in [0, 0.1) is 11.6 Å². The number of nitrogens with zero attached hydrogens (tertiary/aromatic N) is 1. The molecule has 0 fully saturated rings. The number of alkyl halides is 1. The van der Waals surface area contributed by atoms with Crippen LogP contribution >= 0.6 is 15.9 Å². The van der Waals surface area contributed by atoms with Gasteiger partial charge < -0.3 is 9.64 Å². The third-order valence-corrected chi connectivity index (χ3v) is 2.87. The van der Waals surface area contributed by atoms with E-state index in [9.17, 15) is 8.78 Å². The molecule has 0 aromatic heterocycles. The van der Waals surface area contributed by atoms with Crippen molar-refractivity contribution < 1.29 is 13.5 Å². The van der Waals surface area contributed by atoms with Crippen LogP contribution < -0.4 is 0 Å². The average Bonchev–Trinajstić information content (AvgIpc) is 2.22. The quantitative estimate of drug-likeness (QED) is 0.749. The molecule has 0 aliphatic heterocycles. The highest BCUT2D eigenvalue weighted by molar-refractivity contribution is 9.09. The normalized spacial score (nSPS) is 13.1. The summed E-state index contributed by atoms with van der Waals surface area (Å²) < 4.78 is 31.1. The maximum Gasteiger partial charge on any atom is 0.130 e. The number of methoxy groups -OCH3 is 1. The molecular formula is C12H16BrF2NO. The first kappa shape index (κ1) is 14.5. The molecule has 0 aliphatic rings. The first-order chi connectivity index (χ1) is 8.02. The van der Waals surface area contributed by atoms with E-state index in [0.717, 1.165) is 12.6 Å². The average molecular weight is 308 g/mol. The maximum absolute atomic E-state index is 13.4. The van der Waals surface area contributed by atoms with Crippen molar-refractivity contribution in [2.24, 2.45) is 0 Å². The predicted molar refractivity (Wildman–Crippen MR) is 67.3 cm³/mol. The van der Waals surface area contributed by atoms with Crippen molar-refractivity contribution in [2.45, 2.75) is 11.4 Å². The lowest BCUT2D eigenvalue weighted by atomic mass is 10.2. The highest BCUT2D eigenvalue weighted by atomic mass is 79.9. The summed E-state index contributed by atoms with van der Waals surface area (Å²) >= 11 is 3.46. The van der Waals surface area contributed by atoms with Crippen LogP contribution in [-0.2, 0) is 11.3 Å². The number of ether oxygens (including phenoxy) is 1. The first-order valence-corrected chi connectivity index (χ1v) is 6.20. The van der Waals surface area contributed by atoms with E-state index in [2.05, 4.69) is 15.9 Å². The number of halogens is 3. The SMILES string of the molecule is COCC(Br)CN(C)Cc1ccc(F)cc1F. The third-order valence-electron chi connectivity index (χ3n) is 2.31. The standard InChI is InChI=1S/C12H16BrF2NO/c1-16(7-10(13)8-17-2)6-9-3-4-11(14)5-12(9)15/h3-5,10H,6-8H2,1-2H3. The van der Waals surface area contributed by atoms with Gasteiger partial charge in [0.05, 0.1) is 11.4 Å². The molecule has 0 amide bonds. The summed E-state index contributed by atoms with van der Waals surface area (Å²) in [6, 6.07) is 3.65. The highest BCUT2D eigenvalue weighted by Gasteiger charge is 2.10. The monoisotopic (exact) mass is 307 g/mol. The molecule has 1 atom stereocenters. The Morgan fingerprint density at radius 3 is 2.71 bits per heavy atom. The Morgan fingerprint density at radius 1 is 1.41 bits per heavy atom. The van der Waals surface area contributed by atoms with Crippen LogP contribution in [-0.4, -0.2) is 37.0 Å². The number of hydrogen-bond acceptors (Lipinski definition) is 2. The van der Waals surface area contributed by atoms with Crippen LogP contribution in [0.3, 0.4) is 0 Å². The van der Waals surface area contributed by atoms with Gasteiger partial charge >= 0.3 is 0 Å². The molecule has 1 aromatic rings. The van der Waals surface area contributed by atoms with Crippen LogP contribution in [0.5, 0.6) is 0 Å². The lowest BCUT2D eigenvalue weighted by molar-refractivity contribution is 0.184. The Hall–Kier alpha value is -0.520. The van der Waals surface area contributed by atoms with Gasteiger partial charge in [-0.15, -0.1) is 0 Å². The van der Waals surface area contributed by atoms with E-state index in [0.29, 0.717) is 18.7 Å². The molecule has 1 rings (SSSR count). The second kappa shape index (κ2) is 7.03. The fourth-order valence-electron chi connectivity index (χ4n) is 1.58. The van der Waals surface area contributed by atoms with Crippen molar-refractivity contribution in [3.05, 3.63) is 35.4 Å². The predicted octanol–water partition coefficient (Wildman–Crippen LogP) is 2.81. The van der Waals surface area contributed by atoms with E-state index in [1.165, 1.54) is 12.1 Å². The summed E-state index contributed by atoms with van der Waals surface area (Å²) in [7, 11) is 3.51. The van der Waals surface area contributed by atoms with Gasteiger partial charge in [-0.1, -0.05) is 22.0 Å². The summed E-state index contributed by atoms with van der Waals surface area (Å²) in [5.74, 6) is -1.05. The Morgan fingerprint density at radius 2 is 2.12 bits per heavy atom. The molecular weight excluding hydrogens is 292 g/mol. The number of rotatable bonds is 6. The zero-order valence-electron chi connectivity index (χ0n) is 9.92. The second-order valence-electron chi connectivity index (χ2n) is 3.99. The fourth-order valence-corrected chi connectivity index (χ4v) is 2.34. The Labute approximate surface area is 109 Å². The van der Waals surface area contributed by atoms with Gasteiger partial charge in [-0.2, -0.15) is 0 Å². The van der Waals surface area contributed by atoms with Gasteiger partial charge in [-0.05, 0) is 13.1 Å². The van der Waals surface area contributed by atoms with Crippen LogP contribution in [0.1, 0.15) is 5.56 Å². The highest BCUT2D eigenvalue weighted by Crippen LogP contribution is 2.12. The summed E-state index contributed by atoms with van der Waals surface area (Å²) in [5, 5.41) is 0. The van der Waals surface area contributed by atoms with E-state index < -0.39 is 11.6 Å². The molecule has 0 saturated carbocycles. The van der Waals surface area contributed by atoms with Crippen molar-refractivity contribution in [2.75, 3.05) is 27.3 Å². The second-order valence-corrected chi connectivity index (χ2v) is 5.28. The molecule has 5 heteroatoms. The Bertz CT molecular complexity index is 362. The van der Waals surface area contributed by atoms with E-state index in [-0.39, 0.29) is 4.83 Å². The van der Waals surface area contributed by atoms with Crippen molar-refractivity contribution in [1.82, 2.24) is 4.90 Å². The van der Waals surface area contributed by atoms with Crippen LogP contribution in [0.15, 0.2) is 18.2 Å². The molecule has 0 heterocycles. The van der Waals surface area contributed by atoms with E-state index >= 15 is 0 Å². The van der Waals surface area contributed by atoms with Gasteiger partial charge in [0.15, 0.2) is 0 Å². The fraction of sp³-hybridized carbons (Fsp3) is 0.500. The zero-order chi connectivity index (χ0) is 12.8. The van der Waals surface area contributed by atoms with Crippen LogP contribution in [0.4, 0.5) is 8.78 Å². The first-order valence-electron chi connectivity index (χ1n) is 5.28. The lowest BCUT2D eigenvalue weighted by Crippen LogP contribution is -2.28. The molecule has 96 valence electrons. The maximum atomic E-state index is 13.4. The Kier molecular flexibility index (Phi) is 6.02. The Balaban J connectivity index is 2.52. The summed E-state index contributed by atoms with van der Waals surface area (Å²) in [6.07, 6.45) is 0. The van der Waals surface area contributed by atoms with Gasteiger partial charge in [0.25, 0.3) is 0 Å². The molecule has 0 bridgehead atoms. The van der Waals surface area contributed by atoms with E-state index in [1.54, 1.807) is 7.11 Å². The molecule has 1 aromatic carbocycles. The van der Waals surface area contributed by atoms with Crippen LogP contribution in [0.25, 0.3) is 0 Å². The minimum Gasteiger partial charge on any atom is -0.383 e. The lowest BCUT2D eigenvalue weighted by Gasteiger charge is -2.20. The summed E-state index contributed by atoms with van der Waals surface area (Å²) in [6.45, 7) is 1.76. The van der Waals surface area contributed by atoms with Crippen molar-refractivity contribution in [3.8, 4) is 0 Å². The topological polar surface area (TPSA) is 12.5 Å². The van der Waals surface area contributed by atoms with Gasteiger partial charge in [0.1, 0.15) is 11.6 Å². The minimum absolute atomic E-state index is 0.195. The summed E-state index contributed by atoms with van der Waals surface area (Å²) in [4.78, 5) is 2.15. The van der Waals surface area contributed by atoms with Gasteiger partial charge in [-0.25, -0.2) is 8.78 Å². The smallest absolute Gasteiger partial charge is 0.130 e. The van der Waals surface area contributed by atoms with E-state index in [4.69, 9.17) is 4.74 Å². The van der Waals surface area contributed by atoms with Crippen molar-refractivity contribution >= 4 is 15.9 Å². The summed E-state index contributed by atoms with van der Waals surface area (Å²) in [5.41, 5.74) is 0.492. The molecule has 2 nitrogen and oxygen atoms in total. The molecule has 0 saturated heterocycles. The molecule has 0 radical (unpaired) electrons. The molecule has 0 aliphatic carbocycles. The third kappa shape index (κ3) is 5.10. The van der Waals surface area contributed by atoms with Crippen LogP contribution in [0.2, 0.25) is 0 Å².